The molecule has 0 saturated heterocycles. The van der Waals surface area contributed by atoms with Crippen LogP contribution in [-0.4, -0.2) is 11.7 Å². The highest BCUT2D eigenvalue weighted by molar-refractivity contribution is 5.48. The second-order valence-electron chi connectivity index (χ2n) is 7.66. The molecule has 3 nitrogen and oxygen atoms in total. The molecule has 0 heterocycles. The summed E-state index contributed by atoms with van der Waals surface area (Å²) in [6, 6.07) is 26.6. The van der Waals surface area contributed by atoms with E-state index in [0.717, 1.165) is 66.1 Å². The molecule has 0 radical (unpaired) electrons. The Hall–Kier alpha value is -3.04. The molecule has 0 atom stereocenters. The summed E-state index contributed by atoms with van der Waals surface area (Å²) in [4.78, 5) is 0. The monoisotopic (exact) mass is 400 g/mol. The van der Waals surface area contributed by atoms with E-state index in [1.165, 1.54) is 5.56 Å². The summed E-state index contributed by atoms with van der Waals surface area (Å²) in [5.41, 5.74) is 4.39. The van der Waals surface area contributed by atoms with E-state index in [4.69, 9.17) is 9.47 Å². The molecule has 4 rings (SSSR count). The molecular formula is C27H28O3. The fourth-order valence-electron chi connectivity index (χ4n) is 3.85. The van der Waals surface area contributed by atoms with Gasteiger partial charge in [0, 0.05) is 18.4 Å². The Morgan fingerprint density at radius 2 is 1.37 bits per heavy atom. The first kappa shape index (κ1) is 20.2. The number of aliphatic hydroxyl groups excluding tert-OH is 1. The first-order chi connectivity index (χ1) is 14.8. The van der Waals surface area contributed by atoms with Crippen LogP contribution in [0.4, 0.5) is 0 Å². The Bertz CT molecular complexity index is 978. The smallest absolute Gasteiger partial charge is 0.134 e. The Morgan fingerprint density at radius 3 is 2.10 bits per heavy atom. The first-order valence-electron chi connectivity index (χ1n) is 10.7. The van der Waals surface area contributed by atoms with Gasteiger partial charge in [-0.3, -0.25) is 0 Å². The number of allylic oxidation sites excluding steroid dienone is 1. The Balaban J connectivity index is 1.65. The zero-order valence-electron chi connectivity index (χ0n) is 17.2. The number of aliphatic hydroxyl groups is 1. The first-order valence-corrected chi connectivity index (χ1v) is 10.7. The number of ether oxygens (including phenoxy) is 2. The summed E-state index contributed by atoms with van der Waals surface area (Å²) in [6.07, 6.45) is 4.71. The SMILES string of the molecule is OCC1=C(Oc2cccc(OCc3ccccc3)c2Cc2ccccc2)CCCC1. The quantitative estimate of drug-likeness (QED) is 0.500. The lowest BCUT2D eigenvalue weighted by atomic mass is 9.98. The minimum absolute atomic E-state index is 0.0630. The van der Waals surface area contributed by atoms with Gasteiger partial charge in [-0.15, -0.1) is 0 Å². The van der Waals surface area contributed by atoms with Crippen LogP contribution in [0, 0.1) is 0 Å². The molecule has 0 aliphatic heterocycles. The Kier molecular flexibility index (Phi) is 6.83. The highest BCUT2D eigenvalue weighted by atomic mass is 16.5. The fourth-order valence-corrected chi connectivity index (χ4v) is 3.85. The van der Waals surface area contributed by atoms with E-state index in [1.54, 1.807) is 0 Å². The topological polar surface area (TPSA) is 38.7 Å². The molecule has 0 unspecified atom stereocenters. The van der Waals surface area contributed by atoms with E-state index in [-0.39, 0.29) is 6.61 Å². The second-order valence-corrected chi connectivity index (χ2v) is 7.66. The van der Waals surface area contributed by atoms with E-state index in [1.807, 2.05) is 42.5 Å². The number of benzene rings is 3. The van der Waals surface area contributed by atoms with Gasteiger partial charge in [-0.2, -0.15) is 0 Å². The van der Waals surface area contributed by atoms with Crippen molar-refractivity contribution in [2.75, 3.05) is 6.61 Å². The standard InChI is InChI=1S/C27H28O3/c28-19-23-14-7-8-15-25(23)30-27-17-9-16-26(29-20-22-12-5-2-6-13-22)24(27)18-21-10-3-1-4-11-21/h1-6,9-13,16-17,28H,7-8,14-15,18-20H2. The molecule has 3 aromatic rings. The lowest BCUT2D eigenvalue weighted by molar-refractivity contribution is 0.290. The van der Waals surface area contributed by atoms with Crippen molar-refractivity contribution in [3.8, 4) is 11.5 Å². The van der Waals surface area contributed by atoms with Crippen molar-refractivity contribution in [3.63, 3.8) is 0 Å². The van der Waals surface area contributed by atoms with Gasteiger partial charge in [0.25, 0.3) is 0 Å². The van der Waals surface area contributed by atoms with E-state index in [9.17, 15) is 5.11 Å². The largest absolute Gasteiger partial charge is 0.488 e. The molecule has 3 aromatic carbocycles. The molecule has 154 valence electrons. The summed E-state index contributed by atoms with van der Waals surface area (Å²) in [6.45, 7) is 0.574. The van der Waals surface area contributed by atoms with Crippen molar-refractivity contribution in [3.05, 3.63) is 107 Å². The third-order valence-corrected chi connectivity index (χ3v) is 5.50. The summed E-state index contributed by atoms with van der Waals surface area (Å²) >= 11 is 0. The van der Waals surface area contributed by atoms with Crippen LogP contribution >= 0.6 is 0 Å². The van der Waals surface area contributed by atoms with E-state index in [0.29, 0.717) is 6.61 Å². The van der Waals surface area contributed by atoms with Crippen molar-refractivity contribution in [2.24, 2.45) is 0 Å². The highest BCUT2D eigenvalue weighted by Gasteiger charge is 2.18. The number of rotatable bonds is 8. The zero-order valence-corrected chi connectivity index (χ0v) is 17.2. The minimum atomic E-state index is 0.0630. The molecular weight excluding hydrogens is 372 g/mol. The maximum atomic E-state index is 9.75. The molecule has 30 heavy (non-hydrogen) atoms. The van der Waals surface area contributed by atoms with Crippen LogP contribution in [0.1, 0.15) is 42.4 Å². The summed E-state index contributed by atoms with van der Waals surface area (Å²) in [5.74, 6) is 2.56. The van der Waals surface area contributed by atoms with Crippen LogP contribution in [0.2, 0.25) is 0 Å². The van der Waals surface area contributed by atoms with Crippen LogP contribution in [0.25, 0.3) is 0 Å². The van der Waals surface area contributed by atoms with Crippen LogP contribution in [0.5, 0.6) is 11.5 Å². The molecule has 1 aliphatic carbocycles. The average Bonchev–Trinajstić information content (AvgIpc) is 2.81. The van der Waals surface area contributed by atoms with Gasteiger partial charge in [-0.1, -0.05) is 66.7 Å². The van der Waals surface area contributed by atoms with Gasteiger partial charge in [0.2, 0.25) is 0 Å². The van der Waals surface area contributed by atoms with Crippen LogP contribution in [0.3, 0.4) is 0 Å². The van der Waals surface area contributed by atoms with E-state index >= 15 is 0 Å². The van der Waals surface area contributed by atoms with E-state index in [2.05, 4.69) is 36.4 Å². The third kappa shape index (κ3) is 5.11. The van der Waals surface area contributed by atoms with Gasteiger partial charge in [0.15, 0.2) is 0 Å². The number of hydrogen-bond donors (Lipinski definition) is 1. The van der Waals surface area contributed by atoms with Gasteiger partial charge in [0.05, 0.1) is 6.61 Å². The normalized spacial score (nSPS) is 13.9. The molecule has 0 fully saturated rings. The maximum absolute atomic E-state index is 9.75. The highest BCUT2D eigenvalue weighted by Crippen LogP contribution is 2.35. The van der Waals surface area contributed by atoms with Crippen molar-refractivity contribution in [1.82, 2.24) is 0 Å². The molecule has 1 N–H and O–H groups in total. The lowest BCUT2D eigenvalue weighted by Gasteiger charge is -2.22. The number of hydrogen-bond acceptors (Lipinski definition) is 3. The lowest BCUT2D eigenvalue weighted by Crippen LogP contribution is -2.10. The van der Waals surface area contributed by atoms with Crippen molar-refractivity contribution in [2.45, 2.75) is 38.7 Å². The summed E-state index contributed by atoms with van der Waals surface area (Å²) in [5, 5.41) is 9.75. The van der Waals surface area contributed by atoms with Gasteiger partial charge in [0.1, 0.15) is 23.9 Å². The van der Waals surface area contributed by atoms with Crippen molar-refractivity contribution < 1.29 is 14.6 Å². The van der Waals surface area contributed by atoms with Gasteiger partial charge < -0.3 is 14.6 Å². The van der Waals surface area contributed by atoms with Crippen molar-refractivity contribution in [1.29, 1.82) is 0 Å². The van der Waals surface area contributed by atoms with Gasteiger partial charge >= 0.3 is 0 Å². The predicted octanol–water partition coefficient (Wildman–Crippen LogP) is 6.06. The minimum Gasteiger partial charge on any atom is -0.488 e. The molecule has 0 bridgehead atoms. The predicted molar refractivity (Wildman–Crippen MR) is 120 cm³/mol. The molecule has 1 aliphatic rings. The van der Waals surface area contributed by atoms with Gasteiger partial charge in [-0.25, -0.2) is 0 Å². The van der Waals surface area contributed by atoms with Crippen molar-refractivity contribution >= 4 is 0 Å². The average molecular weight is 401 g/mol. The van der Waals surface area contributed by atoms with Crippen LogP contribution < -0.4 is 9.47 Å². The molecule has 0 amide bonds. The summed E-state index contributed by atoms with van der Waals surface area (Å²) < 4.78 is 12.6. The maximum Gasteiger partial charge on any atom is 0.134 e. The Morgan fingerprint density at radius 1 is 0.700 bits per heavy atom. The van der Waals surface area contributed by atoms with Gasteiger partial charge in [-0.05, 0) is 48.1 Å². The second kappa shape index (κ2) is 10.1. The van der Waals surface area contributed by atoms with Crippen LogP contribution in [-0.2, 0) is 13.0 Å². The van der Waals surface area contributed by atoms with Crippen LogP contribution in [0.15, 0.2) is 90.2 Å². The zero-order chi connectivity index (χ0) is 20.6. The third-order valence-electron chi connectivity index (χ3n) is 5.50. The molecule has 0 spiro atoms. The Labute approximate surface area is 178 Å². The molecule has 0 saturated carbocycles. The van der Waals surface area contributed by atoms with E-state index < -0.39 is 0 Å². The molecule has 0 aromatic heterocycles. The fraction of sp³-hybridized carbons (Fsp3) is 0.259. The summed E-state index contributed by atoms with van der Waals surface area (Å²) in [7, 11) is 0. The molecule has 3 heteroatoms.